The first-order chi connectivity index (χ1) is 15.4. The van der Waals surface area contributed by atoms with Crippen LogP contribution in [0.4, 0.5) is 0 Å². The Morgan fingerprint density at radius 1 is 0.710 bits per heavy atom. The van der Waals surface area contributed by atoms with Crippen molar-refractivity contribution in [2.75, 3.05) is 0 Å². The first-order valence-electron chi connectivity index (χ1n) is 10.8. The highest BCUT2D eigenvalue weighted by molar-refractivity contribution is 6.15. The van der Waals surface area contributed by atoms with E-state index in [9.17, 15) is 0 Å². The fraction of sp³-hybridized carbons (Fsp3) is 0.0714. The van der Waals surface area contributed by atoms with Crippen LogP contribution in [0, 0.1) is 0 Å². The predicted molar refractivity (Wildman–Crippen MR) is 124 cm³/mol. The van der Waals surface area contributed by atoms with Crippen LogP contribution in [0.15, 0.2) is 79.4 Å². The molecule has 0 spiro atoms. The van der Waals surface area contributed by atoms with Crippen LogP contribution in [0.25, 0.3) is 49.6 Å². The van der Waals surface area contributed by atoms with Crippen LogP contribution in [0.1, 0.15) is 22.3 Å². The van der Waals surface area contributed by atoms with Gasteiger partial charge < -0.3 is 0 Å². The van der Waals surface area contributed by atoms with Crippen LogP contribution >= 0.6 is 0 Å². The average molecular weight is 395 g/mol. The van der Waals surface area contributed by atoms with Gasteiger partial charge >= 0.3 is 0 Å². The summed E-state index contributed by atoms with van der Waals surface area (Å²) in [5.74, 6) is 0. The fourth-order valence-electron chi connectivity index (χ4n) is 5.87. The van der Waals surface area contributed by atoms with Gasteiger partial charge in [-0.3, -0.25) is 9.38 Å². The quantitative estimate of drug-likeness (QED) is 0.287. The molecule has 3 nitrogen and oxygen atoms in total. The number of fused-ring (bicyclic) bond motifs is 13. The van der Waals surface area contributed by atoms with E-state index >= 15 is 0 Å². The zero-order valence-electron chi connectivity index (χ0n) is 16.8. The average Bonchev–Trinajstić information content (AvgIpc) is 3.52. The SMILES string of the molecule is c1ccc2c(c1)Cc1cc3c(cc1-2)-c1ccc2c4ccncc4n4ccnc4c2c1C3. The van der Waals surface area contributed by atoms with Crippen molar-refractivity contribution >= 4 is 27.3 Å². The van der Waals surface area contributed by atoms with Crippen molar-refractivity contribution in [3.8, 4) is 22.3 Å². The number of rotatable bonds is 0. The molecule has 2 aliphatic rings. The summed E-state index contributed by atoms with van der Waals surface area (Å²) in [6.45, 7) is 0. The van der Waals surface area contributed by atoms with Crippen molar-refractivity contribution in [2.24, 2.45) is 0 Å². The van der Waals surface area contributed by atoms with Crippen LogP contribution in [-0.4, -0.2) is 14.4 Å². The molecule has 0 saturated carbocycles. The summed E-state index contributed by atoms with van der Waals surface area (Å²) in [5, 5.41) is 3.77. The van der Waals surface area contributed by atoms with Crippen molar-refractivity contribution in [3.63, 3.8) is 0 Å². The molecule has 0 radical (unpaired) electrons. The predicted octanol–water partition coefficient (Wildman–Crippen LogP) is 6.18. The first kappa shape index (κ1) is 15.8. The number of pyridine rings is 2. The lowest BCUT2D eigenvalue weighted by Gasteiger charge is -2.12. The van der Waals surface area contributed by atoms with E-state index in [4.69, 9.17) is 4.98 Å². The second kappa shape index (κ2) is 5.38. The Kier molecular flexibility index (Phi) is 2.74. The molecule has 31 heavy (non-hydrogen) atoms. The highest BCUT2D eigenvalue weighted by Gasteiger charge is 2.27. The van der Waals surface area contributed by atoms with Crippen molar-refractivity contribution in [2.45, 2.75) is 12.8 Å². The summed E-state index contributed by atoms with van der Waals surface area (Å²) in [6, 6.07) is 20.4. The highest BCUT2D eigenvalue weighted by atomic mass is 15.0. The molecule has 0 unspecified atom stereocenters. The zero-order chi connectivity index (χ0) is 20.1. The molecular formula is C28H17N3. The number of benzene rings is 3. The van der Waals surface area contributed by atoms with Crippen molar-refractivity contribution in [1.82, 2.24) is 14.4 Å². The van der Waals surface area contributed by atoms with Crippen LogP contribution in [0.3, 0.4) is 0 Å². The maximum Gasteiger partial charge on any atom is 0.145 e. The Morgan fingerprint density at radius 2 is 1.61 bits per heavy atom. The molecule has 0 atom stereocenters. The maximum atomic E-state index is 4.76. The van der Waals surface area contributed by atoms with Crippen molar-refractivity contribution in [3.05, 3.63) is 102 Å². The molecule has 0 bridgehead atoms. The Hall–Kier alpha value is -3.98. The second-order valence-electron chi connectivity index (χ2n) is 8.71. The van der Waals surface area contributed by atoms with E-state index in [1.807, 2.05) is 24.8 Å². The molecular weight excluding hydrogens is 378 g/mol. The minimum absolute atomic E-state index is 0.963. The van der Waals surface area contributed by atoms with Gasteiger partial charge in [0.25, 0.3) is 0 Å². The Morgan fingerprint density at radius 3 is 2.61 bits per heavy atom. The number of nitrogens with zero attached hydrogens (tertiary/aromatic N) is 3. The number of hydrogen-bond acceptors (Lipinski definition) is 2. The minimum Gasteiger partial charge on any atom is -0.298 e. The van der Waals surface area contributed by atoms with Gasteiger partial charge in [-0.2, -0.15) is 0 Å². The smallest absolute Gasteiger partial charge is 0.145 e. The van der Waals surface area contributed by atoms with Crippen molar-refractivity contribution in [1.29, 1.82) is 0 Å². The van der Waals surface area contributed by atoms with E-state index in [2.05, 4.69) is 64.0 Å². The van der Waals surface area contributed by atoms with E-state index in [1.54, 1.807) is 0 Å². The maximum absolute atomic E-state index is 4.76. The van der Waals surface area contributed by atoms with E-state index in [0.29, 0.717) is 0 Å². The molecule has 3 heteroatoms. The molecule has 0 aliphatic heterocycles. The third-order valence-corrected chi connectivity index (χ3v) is 7.20. The molecule has 3 aromatic heterocycles. The summed E-state index contributed by atoms with van der Waals surface area (Å²) in [6.07, 6.45) is 9.77. The number of hydrogen-bond donors (Lipinski definition) is 0. The summed E-state index contributed by atoms with van der Waals surface area (Å²) in [5.41, 5.74) is 13.4. The van der Waals surface area contributed by atoms with E-state index in [1.165, 1.54) is 60.7 Å². The van der Waals surface area contributed by atoms with Gasteiger partial charge in [0.1, 0.15) is 5.65 Å². The molecule has 144 valence electrons. The zero-order valence-corrected chi connectivity index (χ0v) is 16.8. The van der Waals surface area contributed by atoms with E-state index in [-0.39, 0.29) is 0 Å². The Labute approximate surface area is 178 Å². The van der Waals surface area contributed by atoms with E-state index < -0.39 is 0 Å². The molecule has 3 aromatic carbocycles. The highest BCUT2D eigenvalue weighted by Crippen LogP contribution is 2.47. The van der Waals surface area contributed by atoms with Gasteiger partial charge in [-0.25, -0.2) is 4.98 Å². The van der Waals surface area contributed by atoms with Crippen LogP contribution in [0.5, 0.6) is 0 Å². The van der Waals surface area contributed by atoms with Gasteiger partial charge in [0.05, 0.1) is 11.7 Å². The van der Waals surface area contributed by atoms with Gasteiger partial charge in [0, 0.05) is 29.4 Å². The topological polar surface area (TPSA) is 30.2 Å². The second-order valence-corrected chi connectivity index (χ2v) is 8.71. The minimum atomic E-state index is 0.963. The summed E-state index contributed by atoms with van der Waals surface area (Å²) in [4.78, 5) is 9.12. The van der Waals surface area contributed by atoms with Crippen molar-refractivity contribution < 1.29 is 0 Å². The molecule has 3 heterocycles. The molecule has 0 N–H and O–H groups in total. The third-order valence-electron chi connectivity index (χ3n) is 7.20. The summed E-state index contributed by atoms with van der Waals surface area (Å²) >= 11 is 0. The standard InChI is InChI=1S/C28H17N3/c1-2-4-19-16(3-1)11-17-12-18-13-25-20(24(18)14-23(17)19)5-6-22-21-7-8-29-15-26(21)31-10-9-30-28(31)27(22)25/h1-10,12,14-15H,11,13H2. The molecule has 6 aromatic rings. The molecule has 8 rings (SSSR count). The molecule has 0 saturated heterocycles. The lowest BCUT2D eigenvalue weighted by molar-refractivity contribution is 1.21. The van der Waals surface area contributed by atoms with Crippen LogP contribution in [-0.2, 0) is 12.8 Å². The van der Waals surface area contributed by atoms with Crippen LogP contribution < -0.4 is 0 Å². The normalized spacial score (nSPS) is 13.5. The lowest BCUT2D eigenvalue weighted by atomic mass is 9.96. The lowest BCUT2D eigenvalue weighted by Crippen LogP contribution is -1.94. The van der Waals surface area contributed by atoms with E-state index in [0.717, 1.165) is 24.0 Å². The Balaban J connectivity index is 1.46. The largest absolute Gasteiger partial charge is 0.298 e. The Bertz CT molecular complexity index is 1740. The fourth-order valence-corrected chi connectivity index (χ4v) is 5.87. The van der Waals surface area contributed by atoms with Gasteiger partial charge in [-0.05, 0) is 74.9 Å². The molecule has 0 amide bonds. The molecule has 0 fully saturated rings. The third kappa shape index (κ3) is 1.89. The number of imidazole rings is 1. The summed E-state index contributed by atoms with van der Waals surface area (Å²) < 4.78 is 2.18. The number of aromatic nitrogens is 3. The first-order valence-corrected chi connectivity index (χ1v) is 10.8. The van der Waals surface area contributed by atoms with Gasteiger partial charge in [-0.15, -0.1) is 0 Å². The van der Waals surface area contributed by atoms with Gasteiger partial charge in [-0.1, -0.05) is 42.5 Å². The molecule has 2 aliphatic carbocycles. The summed E-state index contributed by atoms with van der Waals surface area (Å²) in [7, 11) is 0. The van der Waals surface area contributed by atoms with Gasteiger partial charge in [0.2, 0.25) is 0 Å². The van der Waals surface area contributed by atoms with Gasteiger partial charge in [0.15, 0.2) is 0 Å². The monoisotopic (exact) mass is 395 g/mol. The van der Waals surface area contributed by atoms with Crippen LogP contribution in [0.2, 0.25) is 0 Å².